The van der Waals surface area contributed by atoms with E-state index in [9.17, 15) is 4.79 Å². The van der Waals surface area contributed by atoms with Crippen LogP contribution in [0.4, 0.5) is 0 Å². The molecule has 26 heavy (non-hydrogen) atoms. The highest BCUT2D eigenvalue weighted by Gasteiger charge is 2.01. The number of hydrogen-bond donors (Lipinski definition) is 3. The molecular weight excluding hydrogens is 443 g/mol. The van der Waals surface area contributed by atoms with Gasteiger partial charge in [-0.2, -0.15) is 0 Å². The standard InChI is InChI=1S/C19H24N4O2.HI/c1-14-3-9-17(10-4-14)25-12-11-22-19(21-2)23-13-15-5-7-16(8-6-15)18(20)24;/h3-10H,11-13H2,1-2H3,(H2,20,24)(H2,21,22,23);1H. The summed E-state index contributed by atoms with van der Waals surface area (Å²) in [6, 6.07) is 15.1. The van der Waals surface area contributed by atoms with Gasteiger partial charge in [-0.05, 0) is 36.8 Å². The number of benzene rings is 2. The van der Waals surface area contributed by atoms with Crippen LogP contribution in [0, 0.1) is 6.92 Å². The maximum atomic E-state index is 11.1. The highest BCUT2D eigenvalue weighted by molar-refractivity contribution is 14.0. The predicted octanol–water partition coefficient (Wildman–Crippen LogP) is 2.46. The minimum atomic E-state index is -0.425. The van der Waals surface area contributed by atoms with Crippen LogP contribution in [0.3, 0.4) is 0 Å². The molecule has 0 spiro atoms. The zero-order valence-electron chi connectivity index (χ0n) is 15.0. The molecule has 2 aromatic rings. The molecule has 0 aliphatic rings. The first kappa shape index (κ1) is 21.8. The van der Waals surface area contributed by atoms with E-state index in [0.29, 0.717) is 31.2 Å². The SMILES string of the molecule is CN=C(NCCOc1ccc(C)cc1)NCc1ccc(C(N)=O)cc1.I. The Hall–Kier alpha value is -2.29. The van der Waals surface area contributed by atoms with Crippen LogP contribution in [-0.4, -0.2) is 32.1 Å². The van der Waals surface area contributed by atoms with E-state index < -0.39 is 5.91 Å². The average Bonchev–Trinajstić information content (AvgIpc) is 2.63. The number of amides is 1. The maximum absolute atomic E-state index is 11.1. The number of aryl methyl sites for hydroxylation is 1. The number of ether oxygens (including phenoxy) is 1. The van der Waals surface area contributed by atoms with Gasteiger partial charge in [0.05, 0.1) is 6.54 Å². The van der Waals surface area contributed by atoms with Gasteiger partial charge in [0.25, 0.3) is 0 Å². The number of halogens is 1. The first-order chi connectivity index (χ1) is 12.1. The monoisotopic (exact) mass is 468 g/mol. The lowest BCUT2D eigenvalue weighted by Gasteiger charge is -2.13. The number of hydrogen-bond acceptors (Lipinski definition) is 3. The highest BCUT2D eigenvalue weighted by atomic mass is 127. The van der Waals surface area contributed by atoms with Gasteiger partial charge in [0.2, 0.25) is 5.91 Å². The molecule has 2 rings (SSSR count). The van der Waals surface area contributed by atoms with Gasteiger partial charge in [-0.3, -0.25) is 9.79 Å². The first-order valence-electron chi connectivity index (χ1n) is 8.11. The van der Waals surface area contributed by atoms with Crippen LogP contribution in [0.2, 0.25) is 0 Å². The molecule has 0 atom stereocenters. The van der Waals surface area contributed by atoms with Gasteiger partial charge in [0.15, 0.2) is 5.96 Å². The number of carbonyl (C=O) groups is 1. The summed E-state index contributed by atoms with van der Waals surface area (Å²) < 4.78 is 5.67. The van der Waals surface area contributed by atoms with Crippen LogP contribution in [0.1, 0.15) is 21.5 Å². The van der Waals surface area contributed by atoms with Crippen molar-refractivity contribution in [1.29, 1.82) is 0 Å². The summed E-state index contributed by atoms with van der Waals surface area (Å²) in [4.78, 5) is 15.2. The van der Waals surface area contributed by atoms with E-state index in [1.165, 1.54) is 5.56 Å². The summed E-state index contributed by atoms with van der Waals surface area (Å²) in [5.74, 6) is 1.11. The van der Waals surface area contributed by atoms with Crippen LogP contribution in [0.5, 0.6) is 5.75 Å². The van der Waals surface area contributed by atoms with Crippen molar-refractivity contribution in [2.24, 2.45) is 10.7 Å². The zero-order valence-corrected chi connectivity index (χ0v) is 17.3. The van der Waals surface area contributed by atoms with Crippen LogP contribution in [0.25, 0.3) is 0 Å². The van der Waals surface area contributed by atoms with Crippen LogP contribution in [-0.2, 0) is 6.54 Å². The summed E-state index contributed by atoms with van der Waals surface area (Å²) in [5, 5.41) is 6.40. The van der Waals surface area contributed by atoms with Crippen LogP contribution >= 0.6 is 24.0 Å². The second-order valence-electron chi connectivity index (χ2n) is 5.58. The Kier molecular flexibility index (Phi) is 9.50. The molecule has 1 amide bonds. The van der Waals surface area contributed by atoms with Gasteiger partial charge in [-0.1, -0.05) is 29.8 Å². The van der Waals surface area contributed by atoms with Gasteiger partial charge >= 0.3 is 0 Å². The topological polar surface area (TPSA) is 88.7 Å². The number of nitrogens with one attached hydrogen (secondary N) is 2. The number of nitrogens with two attached hydrogens (primary N) is 1. The number of nitrogens with zero attached hydrogens (tertiary/aromatic N) is 1. The number of carbonyl (C=O) groups excluding carboxylic acids is 1. The smallest absolute Gasteiger partial charge is 0.248 e. The maximum Gasteiger partial charge on any atom is 0.248 e. The third kappa shape index (κ3) is 7.30. The fourth-order valence-electron chi connectivity index (χ4n) is 2.17. The summed E-state index contributed by atoms with van der Waals surface area (Å²) in [5.41, 5.74) is 7.97. The molecule has 0 heterocycles. The van der Waals surface area contributed by atoms with E-state index in [1.807, 2.05) is 43.3 Å². The predicted molar refractivity (Wildman–Crippen MR) is 115 cm³/mol. The lowest BCUT2D eigenvalue weighted by atomic mass is 10.1. The molecule has 6 nitrogen and oxygen atoms in total. The van der Waals surface area contributed by atoms with Crippen molar-refractivity contribution in [2.45, 2.75) is 13.5 Å². The van der Waals surface area contributed by atoms with E-state index in [1.54, 1.807) is 19.2 Å². The van der Waals surface area contributed by atoms with Crippen molar-refractivity contribution in [3.8, 4) is 5.75 Å². The van der Waals surface area contributed by atoms with E-state index in [2.05, 4.69) is 15.6 Å². The molecule has 140 valence electrons. The molecule has 4 N–H and O–H groups in total. The Morgan fingerprint density at radius 2 is 1.73 bits per heavy atom. The highest BCUT2D eigenvalue weighted by Crippen LogP contribution is 2.10. The first-order valence-corrected chi connectivity index (χ1v) is 8.11. The Labute approximate surface area is 171 Å². The van der Waals surface area contributed by atoms with Crippen LogP contribution < -0.4 is 21.1 Å². The second kappa shape index (κ2) is 11.3. The largest absolute Gasteiger partial charge is 0.492 e. The van der Waals surface area contributed by atoms with E-state index in [4.69, 9.17) is 10.5 Å². The minimum absolute atomic E-state index is 0. The van der Waals surface area contributed by atoms with Gasteiger partial charge in [0.1, 0.15) is 12.4 Å². The molecule has 0 saturated heterocycles. The minimum Gasteiger partial charge on any atom is -0.492 e. The summed E-state index contributed by atoms with van der Waals surface area (Å²) >= 11 is 0. The number of aliphatic imine (C=N–C) groups is 1. The fraction of sp³-hybridized carbons (Fsp3) is 0.263. The van der Waals surface area contributed by atoms with Gasteiger partial charge in [-0.15, -0.1) is 24.0 Å². The molecule has 0 radical (unpaired) electrons. The van der Waals surface area contributed by atoms with Gasteiger partial charge in [0, 0.05) is 19.2 Å². The summed E-state index contributed by atoms with van der Waals surface area (Å²) in [7, 11) is 1.71. The third-order valence-electron chi connectivity index (χ3n) is 3.61. The van der Waals surface area contributed by atoms with Crippen molar-refractivity contribution in [1.82, 2.24) is 10.6 Å². The fourth-order valence-corrected chi connectivity index (χ4v) is 2.17. The number of guanidine groups is 1. The second-order valence-corrected chi connectivity index (χ2v) is 5.58. The van der Waals surface area contributed by atoms with E-state index >= 15 is 0 Å². The molecule has 0 aliphatic heterocycles. The molecule has 0 aromatic heterocycles. The Bertz CT molecular complexity index is 715. The lowest BCUT2D eigenvalue weighted by molar-refractivity contribution is 0.100. The van der Waals surface area contributed by atoms with Crippen molar-refractivity contribution in [2.75, 3.05) is 20.2 Å². The molecule has 0 saturated carbocycles. The molecule has 0 aliphatic carbocycles. The van der Waals surface area contributed by atoms with Crippen LogP contribution in [0.15, 0.2) is 53.5 Å². The van der Waals surface area contributed by atoms with Crippen molar-refractivity contribution < 1.29 is 9.53 Å². The number of rotatable bonds is 7. The summed E-state index contributed by atoms with van der Waals surface area (Å²) in [6.07, 6.45) is 0. The molecule has 0 fully saturated rings. The molecular formula is C19H25IN4O2. The molecule has 2 aromatic carbocycles. The lowest BCUT2D eigenvalue weighted by Crippen LogP contribution is -2.38. The Morgan fingerprint density at radius 1 is 1.08 bits per heavy atom. The van der Waals surface area contributed by atoms with Gasteiger partial charge in [-0.25, -0.2) is 0 Å². The van der Waals surface area contributed by atoms with E-state index in [-0.39, 0.29) is 24.0 Å². The quantitative estimate of drug-likeness (QED) is 0.252. The van der Waals surface area contributed by atoms with Crippen molar-refractivity contribution >= 4 is 35.8 Å². The average molecular weight is 468 g/mol. The summed E-state index contributed by atoms with van der Waals surface area (Å²) in [6.45, 7) is 3.81. The van der Waals surface area contributed by atoms with Crippen molar-refractivity contribution in [3.63, 3.8) is 0 Å². The number of primary amides is 1. The van der Waals surface area contributed by atoms with E-state index in [0.717, 1.165) is 11.3 Å². The molecule has 0 unspecified atom stereocenters. The molecule has 0 bridgehead atoms. The normalized spacial score (nSPS) is 10.6. The third-order valence-corrected chi connectivity index (χ3v) is 3.61. The Morgan fingerprint density at radius 3 is 2.31 bits per heavy atom. The molecule has 7 heteroatoms. The zero-order chi connectivity index (χ0) is 18.1. The Balaban J connectivity index is 0.00000338. The van der Waals surface area contributed by atoms with Gasteiger partial charge < -0.3 is 21.1 Å². The van der Waals surface area contributed by atoms with Crippen molar-refractivity contribution in [3.05, 3.63) is 65.2 Å².